The summed E-state index contributed by atoms with van der Waals surface area (Å²) in [6.45, 7) is 8.11. The van der Waals surface area contributed by atoms with Crippen molar-refractivity contribution in [2.45, 2.75) is 27.7 Å². The number of rotatable bonds is 0. The minimum atomic E-state index is 0.830. The van der Waals surface area contributed by atoms with Crippen LogP contribution in [0.4, 0.5) is 5.69 Å². The van der Waals surface area contributed by atoms with Gasteiger partial charge in [0, 0.05) is 28.2 Å². The van der Waals surface area contributed by atoms with Crippen molar-refractivity contribution >= 4 is 27.6 Å². The maximum absolute atomic E-state index is 5.95. The molecule has 0 aliphatic rings. The quantitative estimate of drug-likeness (QED) is 0.586. The van der Waals surface area contributed by atoms with Crippen molar-refractivity contribution in [1.29, 1.82) is 0 Å². The Morgan fingerprint density at radius 1 is 1.11 bits per heavy atom. The fourth-order valence-electron chi connectivity index (χ4n) is 2.16. The van der Waals surface area contributed by atoms with Crippen LogP contribution in [-0.4, -0.2) is 9.97 Å². The molecule has 0 aliphatic heterocycles. The fraction of sp³-hybridized carbons (Fsp3) is 0.267. The first-order valence-electron chi connectivity index (χ1n) is 6.30. The predicted molar refractivity (Wildman–Crippen MR) is 78.8 cm³/mol. The van der Waals surface area contributed by atoms with Gasteiger partial charge in [0.05, 0.1) is 0 Å². The lowest BCUT2D eigenvalue weighted by molar-refractivity contribution is 1.32. The maximum Gasteiger partial charge on any atom is 0.138 e. The topological polar surface area (TPSA) is 54.7 Å². The van der Waals surface area contributed by atoms with Gasteiger partial charge in [0.15, 0.2) is 0 Å². The summed E-state index contributed by atoms with van der Waals surface area (Å²) in [6, 6.07) is 6.12. The maximum atomic E-state index is 5.95. The number of hydrogen-bond donors (Lipinski definition) is 2. The highest BCUT2D eigenvalue weighted by molar-refractivity contribution is 6.08. The Kier molecular flexibility index (Phi) is 3.24. The first-order valence-corrected chi connectivity index (χ1v) is 6.30. The van der Waals surface area contributed by atoms with Gasteiger partial charge in [-0.05, 0) is 43.2 Å². The van der Waals surface area contributed by atoms with Gasteiger partial charge in [0.1, 0.15) is 5.65 Å². The molecule has 3 heteroatoms. The first kappa shape index (κ1) is 12.4. The summed E-state index contributed by atoms with van der Waals surface area (Å²) in [5.41, 5.74) is 11.1. The summed E-state index contributed by atoms with van der Waals surface area (Å²) in [6.07, 6.45) is 1.82. The number of aryl methyl sites for hydroxylation is 2. The molecule has 1 aromatic carbocycles. The van der Waals surface area contributed by atoms with Gasteiger partial charge >= 0.3 is 0 Å². The molecular weight excluding hydrogens is 222 g/mol. The molecule has 0 spiro atoms. The zero-order valence-electron chi connectivity index (χ0n) is 11.3. The summed E-state index contributed by atoms with van der Waals surface area (Å²) in [4.78, 5) is 7.66. The molecule has 0 bridgehead atoms. The number of aromatic nitrogens is 2. The number of nitrogens with zero attached hydrogens (tertiary/aromatic N) is 1. The highest BCUT2D eigenvalue weighted by Crippen LogP contribution is 2.29. The van der Waals surface area contributed by atoms with Crippen LogP contribution in [0.3, 0.4) is 0 Å². The molecule has 2 aromatic heterocycles. The number of fused-ring (bicyclic) bond motifs is 3. The average molecular weight is 241 g/mol. The Hall–Kier alpha value is -2.03. The van der Waals surface area contributed by atoms with E-state index in [-0.39, 0.29) is 0 Å². The second kappa shape index (κ2) is 4.69. The van der Waals surface area contributed by atoms with Crippen LogP contribution < -0.4 is 5.73 Å². The second-order valence-electron chi connectivity index (χ2n) is 4.23. The molecule has 3 rings (SSSR count). The van der Waals surface area contributed by atoms with Crippen molar-refractivity contribution in [1.82, 2.24) is 9.97 Å². The molecule has 0 fully saturated rings. The van der Waals surface area contributed by atoms with Crippen LogP contribution in [0.2, 0.25) is 0 Å². The summed E-state index contributed by atoms with van der Waals surface area (Å²) in [5, 5.41) is 2.33. The van der Waals surface area contributed by atoms with E-state index in [1.165, 1.54) is 10.9 Å². The van der Waals surface area contributed by atoms with Crippen molar-refractivity contribution in [2.24, 2.45) is 0 Å². The third kappa shape index (κ3) is 1.82. The third-order valence-electron chi connectivity index (χ3n) is 3.09. The van der Waals surface area contributed by atoms with E-state index in [4.69, 9.17) is 5.73 Å². The van der Waals surface area contributed by atoms with Crippen LogP contribution in [0.25, 0.3) is 21.9 Å². The van der Waals surface area contributed by atoms with E-state index >= 15 is 0 Å². The zero-order chi connectivity index (χ0) is 13.3. The Morgan fingerprint density at radius 3 is 2.56 bits per heavy atom. The lowest BCUT2D eigenvalue weighted by Gasteiger charge is -2.00. The molecule has 18 heavy (non-hydrogen) atoms. The van der Waals surface area contributed by atoms with E-state index in [2.05, 4.69) is 23.0 Å². The first-order chi connectivity index (χ1) is 8.66. The fourth-order valence-corrected chi connectivity index (χ4v) is 2.16. The zero-order valence-corrected chi connectivity index (χ0v) is 11.3. The standard InChI is InChI=1S/C13H13N3.C2H6/c1-7-3-4-15-13-12(7)9-6-10(14)8(2)5-11(9)16-13;1-2/h3-6H,14H2,1-2H3,(H,15,16);1-2H3. The van der Waals surface area contributed by atoms with E-state index < -0.39 is 0 Å². The summed E-state index contributed by atoms with van der Waals surface area (Å²) >= 11 is 0. The van der Waals surface area contributed by atoms with Crippen molar-refractivity contribution in [3.63, 3.8) is 0 Å². The lowest BCUT2D eigenvalue weighted by atomic mass is 10.1. The Balaban J connectivity index is 0.000000574. The molecule has 0 atom stereocenters. The third-order valence-corrected chi connectivity index (χ3v) is 3.09. The second-order valence-corrected chi connectivity index (χ2v) is 4.23. The highest BCUT2D eigenvalue weighted by atomic mass is 14.8. The van der Waals surface area contributed by atoms with Crippen LogP contribution in [0.5, 0.6) is 0 Å². The number of pyridine rings is 1. The van der Waals surface area contributed by atoms with Crippen LogP contribution in [0.1, 0.15) is 25.0 Å². The normalized spacial score (nSPS) is 10.4. The largest absolute Gasteiger partial charge is 0.398 e. The van der Waals surface area contributed by atoms with Gasteiger partial charge in [-0.25, -0.2) is 4.98 Å². The Bertz CT molecular complexity index is 696. The van der Waals surface area contributed by atoms with Gasteiger partial charge < -0.3 is 10.7 Å². The summed E-state index contributed by atoms with van der Waals surface area (Å²) < 4.78 is 0. The van der Waals surface area contributed by atoms with Crippen LogP contribution in [0.15, 0.2) is 24.4 Å². The number of benzene rings is 1. The Morgan fingerprint density at radius 2 is 1.83 bits per heavy atom. The highest BCUT2D eigenvalue weighted by Gasteiger charge is 2.08. The molecule has 2 heterocycles. The predicted octanol–water partition coefficient (Wildman–Crippen LogP) is 3.94. The minimum absolute atomic E-state index is 0.830. The summed E-state index contributed by atoms with van der Waals surface area (Å²) in [5.74, 6) is 0. The number of hydrogen-bond acceptors (Lipinski definition) is 2. The molecule has 0 aliphatic carbocycles. The molecule has 3 nitrogen and oxygen atoms in total. The Labute approximate surface area is 107 Å². The van der Waals surface area contributed by atoms with Gasteiger partial charge in [-0.3, -0.25) is 0 Å². The van der Waals surface area contributed by atoms with E-state index in [1.807, 2.05) is 39.1 Å². The van der Waals surface area contributed by atoms with E-state index in [0.29, 0.717) is 0 Å². The molecule has 3 aromatic rings. The van der Waals surface area contributed by atoms with Gasteiger partial charge in [0.2, 0.25) is 0 Å². The molecule has 0 amide bonds. The smallest absolute Gasteiger partial charge is 0.138 e. The average Bonchev–Trinajstić information content (AvgIpc) is 2.71. The SMILES string of the molecule is CC.Cc1cc2[nH]c3nccc(C)c3c2cc1N. The van der Waals surface area contributed by atoms with E-state index in [0.717, 1.165) is 27.8 Å². The van der Waals surface area contributed by atoms with E-state index in [1.54, 1.807) is 0 Å². The molecular formula is C15H19N3. The lowest BCUT2D eigenvalue weighted by Crippen LogP contribution is -1.88. The number of aromatic amines is 1. The van der Waals surface area contributed by atoms with Gasteiger partial charge in [-0.1, -0.05) is 13.8 Å². The molecule has 94 valence electrons. The monoisotopic (exact) mass is 241 g/mol. The van der Waals surface area contributed by atoms with Gasteiger partial charge in [-0.2, -0.15) is 0 Å². The van der Waals surface area contributed by atoms with Crippen molar-refractivity contribution in [2.75, 3.05) is 5.73 Å². The van der Waals surface area contributed by atoms with Crippen LogP contribution in [0, 0.1) is 13.8 Å². The number of nitrogens with two attached hydrogens (primary N) is 1. The number of nitrogen functional groups attached to an aromatic ring is 1. The summed E-state index contributed by atoms with van der Waals surface area (Å²) in [7, 11) is 0. The van der Waals surface area contributed by atoms with Crippen molar-refractivity contribution < 1.29 is 0 Å². The minimum Gasteiger partial charge on any atom is -0.398 e. The number of anilines is 1. The van der Waals surface area contributed by atoms with Crippen molar-refractivity contribution in [3.05, 3.63) is 35.5 Å². The van der Waals surface area contributed by atoms with Crippen molar-refractivity contribution in [3.8, 4) is 0 Å². The molecule has 0 saturated carbocycles. The number of nitrogens with one attached hydrogen (secondary N) is 1. The van der Waals surface area contributed by atoms with E-state index in [9.17, 15) is 0 Å². The molecule has 3 N–H and O–H groups in total. The van der Waals surface area contributed by atoms with Gasteiger partial charge in [0.25, 0.3) is 0 Å². The molecule has 0 saturated heterocycles. The number of H-pyrrole nitrogens is 1. The molecule has 0 radical (unpaired) electrons. The molecule has 0 unspecified atom stereocenters. The van der Waals surface area contributed by atoms with Crippen LogP contribution in [-0.2, 0) is 0 Å². The van der Waals surface area contributed by atoms with Crippen LogP contribution >= 0.6 is 0 Å². The van der Waals surface area contributed by atoms with Gasteiger partial charge in [-0.15, -0.1) is 0 Å².